The van der Waals surface area contributed by atoms with E-state index in [0.29, 0.717) is 5.56 Å². The van der Waals surface area contributed by atoms with E-state index in [0.717, 1.165) is 28.8 Å². The van der Waals surface area contributed by atoms with E-state index < -0.39 is 17.5 Å². The predicted molar refractivity (Wildman–Crippen MR) is 73.1 cm³/mol. The van der Waals surface area contributed by atoms with Gasteiger partial charge in [0.05, 0.1) is 6.04 Å². The standard InChI is InChI=1S/C16H16F3N/c1-9-4-5-11(6-10(9)2)16(20-3)12-7-13(17)15(19)14(18)8-12/h4-8,16,20H,1-3H3. The van der Waals surface area contributed by atoms with Gasteiger partial charge in [-0.05, 0) is 55.3 Å². The zero-order valence-corrected chi connectivity index (χ0v) is 11.6. The van der Waals surface area contributed by atoms with E-state index in [2.05, 4.69) is 5.32 Å². The second-order valence-corrected chi connectivity index (χ2v) is 4.86. The van der Waals surface area contributed by atoms with Crippen molar-refractivity contribution in [3.05, 3.63) is 70.0 Å². The summed E-state index contributed by atoms with van der Waals surface area (Å²) in [7, 11) is 1.69. The first-order valence-corrected chi connectivity index (χ1v) is 6.33. The monoisotopic (exact) mass is 279 g/mol. The lowest BCUT2D eigenvalue weighted by Crippen LogP contribution is -2.18. The van der Waals surface area contributed by atoms with E-state index in [-0.39, 0.29) is 6.04 Å². The normalized spacial score (nSPS) is 12.5. The smallest absolute Gasteiger partial charge is 0.194 e. The summed E-state index contributed by atoms with van der Waals surface area (Å²) < 4.78 is 39.7. The first-order valence-electron chi connectivity index (χ1n) is 6.33. The molecule has 0 spiro atoms. The van der Waals surface area contributed by atoms with Gasteiger partial charge < -0.3 is 5.32 Å². The van der Waals surface area contributed by atoms with Gasteiger partial charge in [-0.2, -0.15) is 0 Å². The van der Waals surface area contributed by atoms with Crippen molar-refractivity contribution in [1.29, 1.82) is 0 Å². The van der Waals surface area contributed by atoms with Gasteiger partial charge in [-0.15, -0.1) is 0 Å². The molecule has 0 saturated carbocycles. The average molecular weight is 279 g/mol. The minimum Gasteiger partial charge on any atom is -0.309 e. The van der Waals surface area contributed by atoms with Crippen LogP contribution in [-0.4, -0.2) is 7.05 Å². The summed E-state index contributed by atoms with van der Waals surface area (Å²) in [5.74, 6) is -3.79. The van der Waals surface area contributed by atoms with E-state index >= 15 is 0 Å². The molecule has 0 bridgehead atoms. The molecule has 1 N–H and O–H groups in total. The SMILES string of the molecule is CNC(c1ccc(C)c(C)c1)c1cc(F)c(F)c(F)c1. The highest BCUT2D eigenvalue weighted by atomic mass is 19.2. The summed E-state index contributed by atoms with van der Waals surface area (Å²) >= 11 is 0. The minimum absolute atomic E-state index is 0.354. The van der Waals surface area contributed by atoms with Crippen LogP contribution in [0.5, 0.6) is 0 Å². The third-order valence-corrected chi connectivity index (χ3v) is 3.49. The van der Waals surface area contributed by atoms with Crippen molar-refractivity contribution in [3.8, 4) is 0 Å². The molecular formula is C16H16F3N. The Kier molecular flexibility index (Phi) is 4.14. The van der Waals surface area contributed by atoms with E-state index in [1.807, 2.05) is 32.0 Å². The molecule has 0 fully saturated rings. The van der Waals surface area contributed by atoms with Gasteiger partial charge in [-0.25, -0.2) is 13.2 Å². The lowest BCUT2D eigenvalue weighted by atomic mass is 9.95. The number of hydrogen-bond donors (Lipinski definition) is 1. The van der Waals surface area contributed by atoms with E-state index in [1.54, 1.807) is 7.05 Å². The average Bonchev–Trinajstić information content (AvgIpc) is 2.41. The molecule has 106 valence electrons. The molecule has 20 heavy (non-hydrogen) atoms. The summed E-state index contributed by atoms with van der Waals surface area (Å²) in [6.07, 6.45) is 0. The second kappa shape index (κ2) is 5.67. The van der Waals surface area contributed by atoms with Crippen molar-refractivity contribution in [1.82, 2.24) is 5.32 Å². The fourth-order valence-electron chi connectivity index (χ4n) is 2.21. The molecule has 0 heterocycles. The lowest BCUT2D eigenvalue weighted by Gasteiger charge is -2.19. The van der Waals surface area contributed by atoms with Crippen LogP contribution >= 0.6 is 0 Å². The van der Waals surface area contributed by atoms with Crippen molar-refractivity contribution >= 4 is 0 Å². The Morgan fingerprint density at radius 2 is 1.45 bits per heavy atom. The maximum absolute atomic E-state index is 13.4. The van der Waals surface area contributed by atoms with Gasteiger partial charge >= 0.3 is 0 Å². The van der Waals surface area contributed by atoms with Gasteiger partial charge in [0, 0.05) is 0 Å². The molecule has 1 atom stereocenters. The Hall–Kier alpha value is -1.81. The maximum atomic E-state index is 13.4. The molecule has 4 heteroatoms. The second-order valence-electron chi connectivity index (χ2n) is 4.86. The lowest BCUT2D eigenvalue weighted by molar-refractivity contribution is 0.443. The predicted octanol–water partition coefficient (Wildman–Crippen LogP) is 4.03. The molecule has 0 radical (unpaired) electrons. The molecule has 2 rings (SSSR count). The highest BCUT2D eigenvalue weighted by molar-refractivity contribution is 5.37. The molecule has 0 aromatic heterocycles. The van der Waals surface area contributed by atoms with Crippen LogP contribution in [0.25, 0.3) is 0 Å². The summed E-state index contributed by atoms with van der Waals surface area (Å²) in [4.78, 5) is 0. The number of nitrogens with one attached hydrogen (secondary N) is 1. The maximum Gasteiger partial charge on any atom is 0.194 e. The molecule has 0 saturated heterocycles. The van der Waals surface area contributed by atoms with E-state index in [9.17, 15) is 13.2 Å². The first-order chi connectivity index (χ1) is 9.43. The van der Waals surface area contributed by atoms with Gasteiger partial charge in [0.15, 0.2) is 17.5 Å². The Bertz CT molecular complexity index is 615. The van der Waals surface area contributed by atoms with Crippen LogP contribution in [0.2, 0.25) is 0 Å². The van der Waals surface area contributed by atoms with Crippen LogP contribution in [0.4, 0.5) is 13.2 Å². The third-order valence-electron chi connectivity index (χ3n) is 3.49. The Morgan fingerprint density at radius 3 is 1.95 bits per heavy atom. The quantitative estimate of drug-likeness (QED) is 0.836. The van der Waals surface area contributed by atoms with Crippen molar-refractivity contribution in [2.45, 2.75) is 19.9 Å². The van der Waals surface area contributed by atoms with Gasteiger partial charge in [0.25, 0.3) is 0 Å². The highest BCUT2D eigenvalue weighted by Crippen LogP contribution is 2.26. The third kappa shape index (κ3) is 2.70. The van der Waals surface area contributed by atoms with Gasteiger partial charge in [-0.3, -0.25) is 0 Å². The molecule has 2 aromatic rings. The number of hydrogen-bond acceptors (Lipinski definition) is 1. The molecule has 0 aliphatic heterocycles. The van der Waals surface area contributed by atoms with Gasteiger partial charge in [-0.1, -0.05) is 18.2 Å². The summed E-state index contributed by atoms with van der Waals surface area (Å²) in [6, 6.07) is 7.45. The number of rotatable bonds is 3. The Balaban J connectivity index is 2.49. The van der Waals surface area contributed by atoms with Crippen molar-refractivity contribution in [2.75, 3.05) is 7.05 Å². The first kappa shape index (κ1) is 14.6. The molecule has 1 unspecified atom stereocenters. The van der Waals surface area contributed by atoms with Crippen LogP contribution in [0.15, 0.2) is 30.3 Å². The molecule has 1 nitrogen and oxygen atoms in total. The van der Waals surface area contributed by atoms with Crippen LogP contribution in [-0.2, 0) is 0 Å². The van der Waals surface area contributed by atoms with Gasteiger partial charge in [0.1, 0.15) is 0 Å². The van der Waals surface area contributed by atoms with E-state index in [4.69, 9.17) is 0 Å². The fraction of sp³-hybridized carbons (Fsp3) is 0.250. The summed E-state index contributed by atoms with van der Waals surface area (Å²) in [5.41, 5.74) is 3.46. The van der Waals surface area contributed by atoms with Crippen LogP contribution < -0.4 is 5.32 Å². The highest BCUT2D eigenvalue weighted by Gasteiger charge is 2.18. The van der Waals surface area contributed by atoms with E-state index in [1.165, 1.54) is 0 Å². The Labute approximate surface area is 116 Å². The molecule has 2 aromatic carbocycles. The van der Waals surface area contributed by atoms with Gasteiger partial charge in [0.2, 0.25) is 0 Å². The number of aryl methyl sites for hydroxylation is 2. The molecule has 0 amide bonds. The number of benzene rings is 2. The van der Waals surface area contributed by atoms with Crippen molar-refractivity contribution in [3.63, 3.8) is 0 Å². The van der Waals surface area contributed by atoms with Crippen LogP contribution in [0.1, 0.15) is 28.3 Å². The van der Waals surface area contributed by atoms with Crippen molar-refractivity contribution < 1.29 is 13.2 Å². The largest absolute Gasteiger partial charge is 0.309 e. The Morgan fingerprint density at radius 1 is 0.850 bits per heavy atom. The topological polar surface area (TPSA) is 12.0 Å². The molecule has 0 aliphatic carbocycles. The molecule has 0 aliphatic rings. The van der Waals surface area contributed by atoms with Crippen LogP contribution in [0.3, 0.4) is 0 Å². The number of halogens is 3. The minimum atomic E-state index is -1.44. The summed E-state index contributed by atoms with van der Waals surface area (Å²) in [5, 5.41) is 3.00. The zero-order chi connectivity index (χ0) is 14.9. The fourth-order valence-corrected chi connectivity index (χ4v) is 2.21. The zero-order valence-electron chi connectivity index (χ0n) is 11.6. The van der Waals surface area contributed by atoms with Crippen LogP contribution in [0, 0.1) is 31.3 Å². The summed E-state index contributed by atoms with van der Waals surface area (Å²) in [6.45, 7) is 3.96. The van der Waals surface area contributed by atoms with Crippen molar-refractivity contribution in [2.24, 2.45) is 0 Å². The molecular weight excluding hydrogens is 263 g/mol.